The number of aliphatic hydroxyl groups is 1. The first-order valence-corrected chi connectivity index (χ1v) is 7.93. The molecular weight excluding hydrogens is 246 g/mol. The van der Waals surface area contributed by atoms with Gasteiger partial charge in [-0.25, -0.2) is 0 Å². The lowest BCUT2D eigenvalue weighted by molar-refractivity contribution is 0.128. The van der Waals surface area contributed by atoms with Gasteiger partial charge in [-0.05, 0) is 75.3 Å². The summed E-state index contributed by atoms with van der Waals surface area (Å²) < 4.78 is 0. The van der Waals surface area contributed by atoms with Crippen molar-refractivity contribution in [3.05, 3.63) is 33.9 Å². The van der Waals surface area contributed by atoms with Crippen LogP contribution >= 0.6 is 0 Å². The fourth-order valence-corrected chi connectivity index (χ4v) is 3.50. The van der Waals surface area contributed by atoms with Gasteiger partial charge >= 0.3 is 0 Å². The topological polar surface area (TPSA) is 32.3 Å². The molecule has 2 rings (SSSR count). The number of hydrogen-bond acceptors (Lipinski definition) is 2. The zero-order valence-corrected chi connectivity index (χ0v) is 13.6. The SMILES string of the molecule is Cc1cc(C)c(C)c(C(O)C(C)NC2CCCC2)c1C. The number of hydrogen-bond donors (Lipinski definition) is 2. The number of aliphatic hydroxyl groups excluding tert-OH is 1. The van der Waals surface area contributed by atoms with Crippen molar-refractivity contribution in [1.82, 2.24) is 5.32 Å². The van der Waals surface area contributed by atoms with E-state index >= 15 is 0 Å². The number of aryl methyl sites for hydroxylation is 2. The second-order valence-corrected chi connectivity index (χ2v) is 6.56. The summed E-state index contributed by atoms with van der Waals surface area (Å²) in [5.41, 5.74) is 6.15. The maximum absolute atomic E-state index is 10.8. The highest BCUT2D eigenvalue weighted by molar-refractivity contribution is 5.45. The fourth-order valence-electron chi connectivity index (χ4n) is 3.50. The Balaban J connectivity index is 2.21. The predicted molar refractivity (Wildman–Crippen MR) is 85.2 cm³/mol. The Hall–Kier alpha value is -0.860. The minimum absolute atomic E-state index is 0.108. The molecule has 1 aliphatic rings. The van der Waals surface area contributed by atoms with Gasteiger partial charge in [-0.15, -0.1) is 0 Å². The van der Waals surface area contributed by atoms with E-state index in [1.807, 2.05) is 0 Å². The third-order valence-corrected chi connectivity index (χ3v) is 5.05. The summed E-state index contributed by atoms with van der Waals surface area (Å²) in [5, 5.41) is 14.4. The number of nitrogens with one attached hydrogen (secondary N) is 1. The monoisotopic (exact) mass is 275 g/mol. The Bertz CT molecular complexity index is 449. The fraction of sp³-hybridized carbons (Fsp3) is 0.667. The summed E-state index contributed by atoms with van der Waals surface area (Å²) in [6.45, 7) is 10.6. The van der Waals surface area contributed by atoms with Crippen molar-refractivity contribution in [2.24, 2.45) is 0 Å². The minimum atomic E-state index is -0.422. The van der Waals surface area contributed by atoms with Crippen LogP contribution in [0.1, 0.15) is 66.5 Å². The molecule has 2 atom stereocenters. The van der Waals surface area contributed by atoms with E-state index in [0.29, 0.717) is 6.04 Å². The van der Waals surface area contributed by atoms with E-state index in [9.17, 15) is 5.11 Å². The maximum atomic E-state index is 10.8. The van der Waals surface area contributed by atoms with Crippen LogP contribution in [-0.4, -0.2) is 17.2 Å². The Morgan fingerprint density at radius 2 is 1.55 bits per heavy atom. The summed E-state index contributed by atoms with van der Waals surface area (Å²) in [6, 6.07) is 2.92. The lowest BCUT2D eigenvalue weighted by atomic mass is 9.88. The molecule has 0 heterocycles. The van der Waals surface area contributed by atoms with Crippen LogP contribution in [0.3, 0.4) is 0 Å². The lowest BCUT2D eigenvalue weighted by Crippen LogP contribution is -2.39. The van der Waals surface area contributed by atoms with Crippen LogP contribution in [0.4, 0.5) is 0 Å². The van der Waals surface area contributed by atoms with Gasteiger partial charge in [0.2, 0.25) is 0 Å². The second kappa shape index (κ2) is 6.28. The first-order valence-electron chi connectivity index (χ1n) is 7.93. The van der Waals surface area contributed by atoms with Gasteiger partial charge in [-0.2, -0.15) is 0 Å². The van der Waals surface area contributed by atoms with Gasteiger partial charge in [-0.3, -0.25) is 0 Å². The van der Waals surface area contributed by atoms with Crippen LogP contribution in [0.25, 0.3) is 0 Å². The highest BCUT2D eigenvalue weighted by Gasteiger charge is 2.25. The van der Waals surface area contributed by atoms with Crippen LogP contribution in [0, 0.1) is 27.7 Å². The average Bonchev–Trinajstić information content (AvgIpc) is 2.89. The van der Waals surface area contributed by atoms with E-state index in [4.69, 9.17) is 0 Å². The smallest absolute Gasteiger partial charge is 0.0945 e. The Kier molecular flexibility index (Phi) is 4.87. The zero-order chi connectivity index (χ0) is 14.9. The van der Waals surface area contributed by atoms with Crippen molar-refractivity contribution in [1.29, 1.82) is 0 Å². The van der Waals surface area contributed by atoms with Gasteiger partial charge in [0.05, 0.1) is 6.10 Å². The van der Waals surface area contributed by atoms with Crippen LogP contribution in [-0.2, 0) is 0 Å². The van der Waals surface area contributed by atoms with E-state index in [1.54, 1.807) is 0 Å². The number of benzene rings is 1. The molecule has 20 heavy (non-hydrogen) atoms. The number of rotatable bonds is 4. The van der Waals surface area contributed by atoms with Crippen molar-refractivity contribution in [3.63, 3.8) is 0 Å². The second-order valence-electron chi connectivity index (χ2n) is 6.56. The highest BCUT2D eigenvalue weighted by Crippen LogP contribution is 2.30. The standard InChI is InChI=1S/C18H29NO/c1-11-10-12(2)14(4)17(13(11)3)18(20)15(5)19-16-8-6-7-9-16/h10,15-16,18-20H,6-9H2,1-5H3. The Morgan fingerprint density at radius 1 is 1.05 bits per heavy atom. The molecule has 2 heteroatoms. The molecule has 1 aliphatic carbocycles. The van der Waals surface area contributed by atoms with E-state index < -0.39 is 6.10 Å². The molecule has 0 saturated heterocycles. The van der Waals surface area contributed by atoms with Crippen molar-refractivity contribution >= 4 is 0 Å². The molecule has 0 aromatic heterocycles. The molecule has 0 bridgehead atoms. The van der Waals surface area contributed by atoms with E-state index in [0.717, 1.165) is 5.56 Å². The van der Waals surface area contributed by atoms with Crippen molar-refractivity contribution in [3.8, 4) is 0 Å². The molecule has 2 nitrogen and oxygen atoms in total. The van der Waals surface area contributed by atoms with E-state index in [-0.39, 0.29) is 6.04 Å². The molecule has 1 saturated carbocycles. The molecule has 0 aliphatic heterocycles. The molecule has 1 aromatic carbocycles. The summed E-state index contributed by atoms with van der Waals surface area (Å²) in [4.78, 5) is 0. The molecule has 112 valence electrons. The Morgan fingerprint density at radius 3 is 2.05 bits per heavy atom. The van der Waals surface area contributed by atoms with Gasteiger partial charge in [0.1, 0.15) is 0 Å². The summed E-state index contributed by atoms with van der Waals surface area (Å²) >= 11 is 0. The van der Waals surface area contributed by atoms with Crippen LogP contribution in [0.2, 0.25) is 0 Å². The van der Waals surface area contributed by atoms with E-state index in [1.165, 1.54) is 47.9 Å². The summed E-state index contributed by atoms with van der Waals surface area (Å²) in [6.07, 6.45) is 4.72. The first-order chi connectivity index (χ1) is 9.41. The molecule has 2 N–H and O–H groups in total. The molecule has 1 fully saturated rings. The van der Waals surface area contributed by atoms with Gasteiger partial charge in [-0.1, -0.05) is 18.9 Å². The van der Waals surface area contributed by atoms with Crippen molar-refractivity contribution < 1.29 is 5.11 Å². The maximum Gasteiger partial charge on any atom is 0.0945 e. The van der Waals surface area contributed by atoms with Crippen LogP contribution in [0.15, 0.2) is 6.07 Å². The largest absolute Gasteiger partial charge is 0.387 e. The Labute approximate surface area is 123 Å². The lowest BCUT2D eigenvalue weighted by Gasteiger charge is -2.28. The van der Waals surface area contributed by atoms with Gasteiger partial charge in [0.15, 0.2) is 0 Å². The highest BCUT2D eigenvalue weighted by atomic mass is 16.3. The summed E-state index contributed by atoms with van der Waals surface area (Å²) in [5.74, 6) is 0. The molecule has 0 spiro atoms. The van der Waals surface area contributed by atoms with Gasteiger partial charge in [0, 0.05) is 12.1 Å². The molecule has 2 unspecified atom stereocenters. The molecular formula is C18H29NO. The third kappa shape index (κ3) is 3.07. The molecule has 0 amide bonds. The van der Waals surface area contributed by atoms with Crippen LogP contribution in [0.5, 0.6) is 0 Å². The molecule has 0 radical (unpaired) electrons. The van der Waals surface area contributed by atoms with Crippen LogP contribution < -0.4 is 5.32 Å². The summed E-state index contributed by atoms with van der Waals surface area (Å²) in [7, 11) is 0. The van der Waals surface area contributed by atoms with Crippen molar-refractivity contribution in [2.75, 3.05) is 0 Å². The normalized spacial score (nSPS) is 19.3. The average molecular weight is 275 g/mol. The van der Waals surface area contributed by atoms with Gasteiger partial charge in [0.25, 0.3) is 0 Å². The third-order valence-electron chi connectivity index (χ3n) is 5.05. The quantitative estimate of drug-likeness (QED) is 0.874. The minimum Gasteiger partial charge on any atom is -0.387 e. The van der Waals surface area contributed by atoms with Crippen molar-refractivity contribution in [2.45, 2.75) is 78.5 Å². The first kappa shape index (κ1) is 15.5. The zero-order valence-electron chi connectivity index (χ0n) is 13.6. The van der Waals surface area contributed by atoms with E-state index in [2.05, 4.69) is 46.0 Å². The van der Waals surface area contributed by atoms with Gasteiger partial charge < -0.3 is 10.4 Å². The predicted octanol–water partition coefficient (Wildman–Crippen LogP) is 3.87. The molecule has 1 aromatic rings.